The Labute approximate surface area is 183 Å². The van der Waals surface area contributed by atoms with Gasteiger partial charge in [-0.05, 0) is 49.4 Å². The van der Waals surface area contributed by atoms with E-state index in [-0.39, 0.29) is 17.3 Å². The fourth-order valence-electron chi connectivity index (χ4n) is 3.31. The molecule has 3 amide bonds. The molecule has 0 aliphatic carbocycles. The van der Waals surface area contributed by atoms with Crippen molar-refractivity contribution in [2.45, 2.75) is 6.92 Å². The molecule has 0 bridgehead atoms. The molecular weight excluding hydrogens is 423 g/mol. The van der Waals surface area contributed by atoms with Crippen LogP contribution in [0, 0.1) is 6.92 Å². The molecule has 1 aliphatic heterocycles. The van der Waals surface area contributed by atoms with Crippen LogP contribution in [0.25, 0.3) is 0 Å². The minimum Gasteiger partial charge on any atom is -0.289 e. The van der Waals surface area contributed by atoms with Gasteiger partial charge in [-0.3, -0.25) is 24.2 Å². The Morgan fingerprint density at radius 1 is 0.900 bits per heavy atom. The number of carbonyl (C=O) groups is 3. The second kappa shape index (κ2) is 7.94. The molecule has 0 saturated carbocycles. The number of fused-ring (bicyclic) bond motifs is 1. The van der Waals surface area contributed by atoms with Crippen LogP contribution in [0.3, 0.4) is 0 Å². The number of hydrogen-bond acceptors (Lipinski definition) is 3. The molecule has 0 radical (unpaired) electrons. The summed E-state index contributed by atoms with van der Waals surface area (Å²) in [6, 6.07) is 18.4. The lowest BCUT2D eigenvalue weighted by Gasteiger charge is -2.27. The standard InChI is InChI=1S/C23H16Cl2N2O3/c1-14-6-9-16(10-7-14)26(23(30)19-11-8-15(24)12-20(19)25)13-27-21(28)17-4-2-3-5-18(17)22(27)29/h2-12H,13H2,1H3. The number of amides is 3. The maximum absolute atomic E-state index is 13.4. The molecule has 3 aromatic carbocycles. The van der Waals surface area contributed by atoms with Crippen LogP contribution in [0.15, 0.2) is 66.7 Å². The number of anilines is 1. The first kappa shape index (κ1) is 20.1. The number of imide groups is 1. The first-order valence-corrected chi connectivity index (χ1v) is 9.91. The fraction of sp³-hybridized carbons (Fsp3) is 0.0870. The van der Waals surface area contributed by atoms with Gasteiger partial charge in [0.1, 0.15) is 6.67 Å². The molecular formula is C23H16Cl2N2O3. The molecule has 0 unspecified atom stereocenters. The lowest BCUT2D eigenvalue weighted by Crippen LogP contribution is -2.44. The number of carbonyl (C=O) groups excluding carboxylic acids is 3. The predicted octanol–water partition coefficient (Wildman–Crippen LogP) is 5.20. The first-order chi connectivity index (χ1) is 14.4. The van der Waals surface area contributed by atoms with E-state index in [1.54, 1.807) is 42.5 Å². The van der Waals surface area contributed by atoms with Crippen molar-refractivity contribution in [3.05, 3.63) is 99.0 Å². The van der Waals surface area contributed by atoms with Crippen molar-refractivity contribution in [3.63, 3.8) is 0 Å². The van der Waals surface area contributed by atoms with Crippen LogP contribution in [0.5, 0.6) is 0 Å². The van der Waals surface area contributed by atoms with Gasteiger partial charge in [0.05, 0.1) is 21.7 Å². The summed E-state index contributed by atoms with van der Waals surface area (Å²) >= 11 is 12.2. The fourth-order valence-corrected chi connectivity index (χ4v) is 3.79. The summed E-state index contributed by atoms with van der Waals surface area (Å²) in [4.78, 5) is 41.4. The van der Waals surface area contributed by atoms with E-state index in [1.807, 2.05) is 19.1 Å². The zero-order valence-corrected chi connectivity index (χ0v) is 17.4. The molecule has 30 heavy (non-hydrogen) atoms. The van der Waals surface area contributed by atoms with Crippen LogP contribution < -0.4 is 4.90 Å². The van der Waals surface area contributed by atoms with Gasteiger partial charge in [0, 0.05) is 10.7 Å². The molecule has 7 heteroatoms. The van der Waals surface area contributed by atoms with E-state index in [0.717, 1.165) is 10.5 Å². The number of aryl methyl sites for hydroxylation is 1. The Kier molecular flexibility index (Phi) is 5.33. The maximum atomic E-state index is 13.4. The van der Waals surface area contributed by atoms with E-state index < -0.39 is 17.7 Å². The molecule has 0 N–H and O–H groups in total. The van der Waals surface area contributed by atoms with Crippen LogP contribution in [0.2, 0.25) is 10.0 Å². The van der Waals surface area contributed by atoms with Crippen LogP contribution in [-0.4, -0.2) is 29.3 Å². The normalized spacial score (nSPS) is 12.8. The summed E-state index contributed by atoms with van der Waals surface area (Å²) in [6.07, 6.45) is 0. The van der Waals surface area contributed by atoms with Gasteiger partial charge in [-0.25, -0.2) is 0 Å². The average molecular weight is 439 g/mol. The van der Waals surface area contributed by atoms with Crippen molar-refractivity contribution in [2.24, 2.45) is 0 Å². The van der Waals surface area contributed by atoms with Crippen molar-refractivity contribution < 1.29 is 14.4 Å². The number of benzene rings is 3. The Morgan fingerprint density at radius 3 is 2.07 bits per heavy atom. The van der Waals surface area contributed by atoms with Gasteiger partial charge in [0.2, 0.25) is 0 Å². The molecule has 0 atom stereocenters. The number of halogens is 2. The maximum Gasteiger partial charge on any atom is 0.263 e. The Balaban J connectivity index is 1.73. The van der Waals surface area contributed by atoms with E-state index in [0.29, 0.717) is 21.8 Å². The van der Waals surface area contributed by atoms with Crippen LogP contribution >= 0.6 is 23.2 Å². The van der Waals surface area contributed by atoms with Crippen LogP contribution in [0.4, 0.5) is 5.69 Å². The molecule has 0 saturated heterocycles. The average Bonchev–Trinajstić information content (AvgIpc) is 2.97. The number of hydrogen-bond donors (Lipinski definition) is 0. The van der Waals surface area contributed by atoms with Gasteiger partial charge in [-0.15, -0.1) is 0 Å². The molecule has 4 rings (SSSR count). The van der Waals surface area contributed by atoms with Crippen molar-refractivity contribution in [1.29, 1.82) is 0 Å². The number of rotatable bonds is 4. The molecule has 1 aliphatic rings. The molecule has 3 aromatic rings. The van der Waals surface area contributed by atoms with Crippen molar-refractivity contribution in [2.75, 3.05) is 11.6 Å². The minimum absolute atomic E-state index is 0.187. The lowest BCUT2D eigenvalue weighted by atomic mass is 10.1. The largest absolute Gasteiger partial charge is 0.289 e. The molecule has 0 aromatic heterocycles. The van der Waals surface area contributed by atoms with Gasteiger partial charge < -0.3 is 0 Å². The van der Waals surface area contributed by atoms with Gasteiger partial charge in [0.15, 0.2) is 0 Å². The topological polar surface area (TPSA) is 57.7 Å². The van der Waals surface area contributed by atoms with E-state index in [9.17, 15) is 14.4 Å². The SMILES string of the molecule is Cc1ccc(N(CN2C(=O)c3ccccc3C2=O)C(=O)c2ccc(Cl)cc2Cl)cc1. The summed E-state index contributed by atoms with van der Waals surface area (Å²) < 4.78 is 0. The van der Waals surface area contributed by atoms with Gasteiger partial charge in [-0.1, -0.05) is 53.0 Å². The van der Waals surface area contributed by atoms with Crippen molar-refractivity contribution in [3.8, 4) is 0 Å². The summed E-state index contributed by atoms with van der Waals surface area (Å²) in [5.41, 5.74) is 2.41. The molecule has 0 fully saturated rings. The highest BCUT2D eigenvalue weighted by atomic mass is 35.5. The highest BCUT2D eigenvalue weighted by Gasteiger charge is 2.37. The highest BCUT2D eigenvalue weighted by molar-refractivity contribution is 6.37. The van der Waals surface area contributed by atoms with Crippen LogP contribution in [0.1, 0.15) is 36.6 Å². The van der Waals surface area contributed by atoms with Gasteiger partial charge >= 0.3 is 0 Å². The Hall–Kier alpha value is -3.15. The molecule has 5 nitrogen and oxygen atoms in total. The monoisotopic (exact) mass is 438 g/mol. The van der Waals surface area contributed by atoms with Gasteiger partial charge in [-0.2, -0.15) is 0 Å². The third kappa shape index (κ3) is 3.58. The molecule has 0 spiro atoms. The summed E-state index contributed by atoms with van der Waals surface area (Å²) in [5.74, 6) is -1.33. The smallest absolute Gasteiger partial charge is 0.263 e. The minimum atomic E-state index is -0.447. The quantitative estimate of drug-likeness (QED) is 0.525. The lowest BCUT2D eigenvalue weighted by molar-refractivity contribution is 0.0650. The van der Waals surface area contributed by atoms with E-state index in [2.05, 4.69) is 0 Å². The molecule has 1 heterocycles. The van der Waals surface area contributed by atoms with Gasteiger partial charge in [0.25, 0.3) is 17.7 Å². The van der Waals surface area contributed by atoms with Crippen molar-refractivity contribution in [1.82, 2.24) is 4.90 Å². The summed E-state index contributed by atoms with van der Waals surface area (Å²) in [5, 5.41) is 0.589. The summed E-state index contributed by atoms with van der Waals surface area (Å²) in [7, 11) is 0. The zero-order chi connectivity index (χ0) is 21.4. The zero-order valence-electron chi connectivity index (χ0n) is 15.9. The highest BCUT2D eigenvalue weighted by Crippen LogP contribution is 2.28. The predicted molar refractivity (Wildman–Crippen MR) is 116 cm³/mol. The van der Waals surface area contributed by atoms with E-state index in [1.165, 1.54) is 17.0 Å². The van der Waals surface area contributed by atoms with Crippen LogP contribution in [-0.2, 0) is 0 Å². The Morgan fingerprint density at radius 2 is 1.50 bits per heavy atom. The number of nitrogens with zero attached hydrogens (tertiary/aromatic N) is 2. The van der Waals surface area contributed by atoms with Crippen molar-refractivity contribution >= 4 is 46.6 Å². The van der Waals surface area contributed by atoms with E-state index >= 15 is 0 Å². The summed E-state index contributed by atoms with van der Waals surface area (Å²) in [6.45, 7) is 1.68. The second-order valence-electron chi connectivity index (χ2n) is 6.92. The Bertz CT molecular complexity index is 1140. The third-order valence-corrected chi connectivity index (χ3v) is 5.46. The first-order valence-electron chi connectivity index (χ1n) is 9.15. The molecule has 150 valence electrons. The third-order valence-electron chi connectivity index (χ3n) is 4.91. The van der Waals surface area contributed by atoms with E-state index in [4.69, 9.17) is 23.2 Å². The second-order valence-corrected chi connectivity index (χ2v) is 7.76.